The maximum atomic E-state index is 6.13. The van der Waals surface area contributed by atoms with Gasteiger partial charge >= 0.3 is 0 Å². The quantitative estimate of drug-likeness (QED) is 0.483. The van der Waals surface area contributed by atoms with Crippen LogP contribution in [0.2, 0.25) is 5.02 Å². The van der Waals surface area contributed by atoms with Gasteiger partial charge in [-0.05, 0) is 56.0 Å². The van der Waals surface area contributed by atoms with Crippen molar-refractivity contribution >= 4 is 34.6 Å². The Balaban J connectivity index is 1.63. The molecule has 2 aromatic rings. The van der Waals surface area contributed by atoms with Gasteiger partial charge in [-0.25, -0.2) is 4.98 Å². The Bertz CT molecular complexity index is 794. The summed E-state index contributed by atoms with van der Waals surface area (Å²) in [5.74, 6) is 1.27. The number of anilines is 1. The average Bonchev–Trinajstić information content (AvgIpc) is 3.23. The summed E-state index contributed by atoms with van der Waals surface area (Å²) < 4.78 is 7.41. The van der Waals surface area contributed by atoms with Gasteiger partial charge < -0.3 is 19.5 Å². The van der Waals surface area contributed by atoms with Crippen molar-refractivity contribution in [1.29, 1.82) is 0 Å². The summed E-state index contributed by atoms with van der Waals surface area (Å²) in [5, 5.41) is 4.69. The highest BCUT2D eigenvalue weighted by Gasteiger charge is 2.17. The first-order valence-electron chi connectivity index (χ1n) is 9.66. The molecule has 3 rings (SSSR count). The van der Waals surface area contributed by atoms with Crippen molar-refractivity contribution in [3.05, 3.63) is 54.1 Å². The largest absolute Gasteiger partial charge is 0.495 e. The van der Waals surface area contributed by atoms with Gasteiger partial charge in [0.15, 0.2) is 5.11 Å². The number of nitrogens with zero attached hydrogens (tertiary/aromatic N) is 3. The second-order valence-electron chi connectivity index (χ2n) is 7.03. The number of thiocarbonyl (C=S) groups is 1. The fraction of sp³-hybridized carbons (Fsp3) is 0.429. The van der Waals surface area contributed by atoms with Crippen LogP contribution in [-0.2, 0) is 6.54 Å². The molecule has 1 heterocycles. The molecule has 0 radical (unpaired) electrons. The van der Waals surface area contributed by atoms with E-state index in [4.69, 9.17) is 28.6 Å². The zero-order chi connectivity index (χ0) is 19.8. The first-order valence-corrected chi connectivity index (χ1v) is 10.4. The van der Waals surface area contributed by atoms with Gasteiger partial charge in [0.1, 0.15) is 5.75 Å². The van der Waals surface area contributed by atoms with Crippen molar-refractivity contribution in [3.63, 3.8) is 0 Å². The third kappa shape index (κ3) is 5.97. The molecule has 28 heavy (non-hydrogen) atoms. The first-order chi connectivity index (χ1) is 13.7. The Morgan fingerprint density at radius 3 is 3.04 bits per heavy atom. The predicted molar refractivity (Wildman–Crippen MR) is 119 cm³/mol. The lowest BCUT2D eigenvalue weighted by molar-refractivity contribution is 0.316. The van der Waals surface area contributed by atoms with Gasteiger partial charge in [-0.2, -0.15) is 0 Å². The minimum atomic E-state index is 0.588. The number of nitrogens with one attached hydrogen (secondary N) is 1. The van der Waals surface area contributed by atoms with Gasteiger partial charge in [-0.1, -0.05) is 23.8 Å². The average molecular weight is 419 g/mol. The van der Waals surface area contributed by atoms with E-state index in [1.165, 1.54) is 6.42 Å². The molecule has 7 heteroatoms. The molecule has 0 spiro atoms. The number of benzene rings is 1. The summed E-state index contributed by atoms with van der Waals surface area (Å²) in [6.45, 7) is 2.79. The van der Waals surface area contributed by atoms with E-state index in [0.29, 0.717) is 16.7 Å². The fourth-order valence-electron chi connectivity index (χ4n) is 3.41. The summed E-state index contributed by atoms with van der Waals surface area (Å²) >= 11 is 11.9. The summed E-state index contributed by atoms with van der Waals surface area (Å²) in [5.41, 5.74) is 0.884. The number of allylic oxidation sites excluding steroid dienone is 2. The molecule has 0 saturated carbocycles. The number of halogens is 1. The maximum absolute atomic E-state index is 6.13. The zero-order valence-electron chi connectivity index (χ0n) is 16.2. The van der Waals surface area contributed by atoms with E-state index in [0.717, 1.165) is 49.7 Å². The van der Waals surface area contributed by atoms with Gasteiger partial charge in [0.2, 0.25) is 0 Å². The van der Waals surface area contributed by atoms with Crippen molar-refractivity contribution in [2.75, 3.05) is 25.5 Å². The number of methoxy groups -OCH3 is 1. The molecular weight excluding hydrogens is 392 g/mol. The fourth-order valence-corrected chi connectivity index (χ4v) is 3.89. The van der Waals surface area contributed by atoms with E-state index in [1.807, 2.05) is 36.9 Å². The molecule has 1 atom stereocenters. The van der Waals surface area contributed by atoms with Gasteiger partial charge in [-0.3, -0.25) is 0 Å². The van der Waals surface area contributed by atoms with Gasteiger partial charge in [0, 0.05) is 43.8 Å². The minimum Gasteiger partial charge on any atom is -0.495 e. The number of aromatic nitrogens is 2. The lowest BCUT2D eigenvalue weighted by Crippen LogP contribution is -2.39. The van der Waals surface area contributed by atoms with E-state index < -0.39 is 0 Å². The van der Waals surface area contributed by atoms with Crippen LogP contribution in [0.1, 0.15) is 25.7 Å². The lowest BCUT2D eigenvalue weighted by Gasteiger charge is -2.31. The second-order valence-corrected chi connectivity index (χ2v) is 7.82. The van der Waals surface area contributed by atoms with Crippen molar-refractivity contribution in [2.24, 2.45) is 5.92 Å². The normalized spacial score (nSPS) is 16.0. The lowest BCUT2D eigenvalue weighted by atomic mass is 9.94. The number of rotatable bonds is 8. The van der Waals surface area contributed by atoms with Crippen LogP contribution in [0.4, 0.5) is 5.69 Å². The summed E-state index contributed by atoms with van der Waals surface area (Å²) in [7, 11) is 1.61. The molecule has 1 aliphatic rings. The van der Waals surface area contributed by atoms with Crippen molar-refractivity contribution < 1.29 is 4.74 Å². The SMILES string of the molecule is COc1cc(NC(=S)N(CCCn2ccnc2)C[C@@H]2CC=CCC2)ccc1Cl. The van der Waals surface area contributed by atoms with E-state index >= 15 is 0 Å². The van der Waals surface area contributed by atoms with Gasteiger partial charge in [0.25, 0.3) is 0 Å². The Labute approximate surface area is 177 Å². The Kier molecular flexibility index (Phi) is 7.74. The minimum absolute atomic E-state index is 0.588. The molecule has 1 aromatic carbocycles. The Morgan fingerprint density at radius 1 is 1.43 bits per heavy atom. The third-order valence-electron chi connectivity index (χ3n) is 4.95. The zero-order valence-corrected chi connectivity index (χ0v) is 17.8. The van der Waals surface area contributed by atoms with Crippen LogP contribution >= 0.6 is 23.8 Å². The third-order valence-corrected chi connectivity index (χ3v) is 5.62. The predicted octanol–water partition coefficient (Wildman–Crippen LogP) is 4.99. The standard InChI is InChI=1S/C21H27ClN4OS/c1-27-20-14-18(8-9-19(20)22)24-21(28)26(15-17-6-3-2-4-7-17)12-5-11-25-13-10-23-16-25/h2-3,8-10,13-14,16-17H,4-7,11-12,15H2,1H3,(H,24,28)/t17-/m1/s1. The Morgan fingerprint density at radius 2 is 2.32 bits per heavy atom. The number of hydrogen-bond acceptors (Lipinski definition) is 3. The molecule has 0 fully saturated rings. The summed E-state index contributed by atoms with van der Waals surface area (Å²) in [6, 6.07) is 5.62. The van der Waals surface area contributed by atoms with Crippen molar-refractivity contribution in [2.45, 2.75) is 32.2 Å². The van der Waals surface area contributed by atoms with Crippen LogP contribution in [0.3, 0.4) is 0 Å². The molecular formula is C21H27ClN4OS. The number of aryl methyl sites for hydroxylation is 1. The van der Waals surface area contributed by atoms with Crippen LogP contribution in [0.5, 0.6) is 5.75 Å². The Hall–Kier alpha value is -2.05. The number of ether oxygens (including phenoxy) is 1. The van der Waals surface area contributed by atoms with Gasteiger partial charge in [-0.15, -0.1) is 0 Å². The molecule has 0 unspecified atom stereocenters. The molecule has 1 N–H and O–H groups in total. The van der Waals surface area contributed by atoms with Crippen LogP contribution in [-0.4, -0.2) is 39.8 Å². The number of hydrogen-bond donors (Lipinski definition) is 1. The molecule has 150 valence electrons. The van der Waals surface area contributed by atoms with Gasteiger partial charge in [0.05, 0.1) is 18.5 Å². The highest BCUT2D eigenvalue weighted by molar-refractivity contribution is 7.80. The van der Waals surface area contributed by atoms with Crippen molar-refractivity contribution in [3.8, 4) is 5.75 Å². The molecule has 0 aliphatic heterocycles. The topological polar surface area (TPSA) is 42.3 Å². The summed E-state index contributed by atoms with van der Waals surface area (Å²) in [6.07, 6.45) is 14.7. The molecule has 5 nitrogen and oxygen atoms in total. The highest BCUT2D eigenvalue weighted by Crippen LogP contribution is 2.28. The highest BCUT2D eigenvalue weighted by atomic mass is 35.5. The number of imidazole rings is 1. The molecule has 1 aliphatic carbocycles. The van der Waals surface area contributed by atoms with Crippen LogP contribution in [0.15, 0.2) is 49.1 Å². The van der Waals surface area contributed by atoms with Crippen LogP contribution < -0.4 is 10.1 Å². The maximum Gasteiger partial charge on any atom is 0.173 e. The second kappa shape index (κ2) is 10.5. The van der Waals surface area contributed by atoms with E-state index in [-0.39, 0.29) is 0 Å². The van der Waals surface area contributed by atoms with E-state index in [1.54, 1.807) is 7.11 Å². The summed E-state index contributed by atoms with van der Waals surface area (Å²) in [4.78, 5) is 6.40. The molecule has 0 bridgehead atoms. The van der Waals surface area contributed by atoms with Crippen LogP contribution in [0.25, 0.3) is 0 Å². The molecule has 1 aromatic heterocycles. The van der Waals surface area contributed by atoms with Crippen molar-refractivity contribution in [1.82, 2.24) is 14.5 Å². The molecule has 0 amide bonds. The monoisotopic (exact) mass is 418 g/mol. The molecule has 0 saturated heterocycles. The smallest absolute Gasteiger partial charge is 0.173 e. The first kappa shape index (κ1) is 20.7. The van der Waals surface area contributed by atoms with Crippen LogP contribution in [0, 0.1) is 5.92 Å². The van der Waals surface area contributed by atoms with E-state index in [9.17, 15) is 0 Å². The van der Waals surface area contributed by atoms with E-state index in [2.05, 4.69) is 31.9 Å².